The van der Waals surface area contributed by atoms with Gasteiger partial charge in [-0.25, -0.2) is 0 Å². The van der Waals surface area contributed by atoms with Gasteiger partial charge >= 0.3 is 0 Å². The monoisotopic (exact) mass is 262 g/mol. The number of carbonyl (C=O) groups excluding carboxylic acids is 1. The Hall–Kier alpha value is -2.01. The first-order valence-electron chi connectivity index (χ1n) is 6.17. The van der Waals surface area contributed by atoms with E-state index in [1.54, 1.807) is 7.11 Å². The van der Waals surface area contributed by atoms with Crippen molar-refractivity contribution in [3.8, 4) is 5.75 Å². The normalized spacial score (nSPS) is 12.3. The highest BCUT2D eigenvalue weighted by Gasteiger charge is 2.07. The molecule has 1 amide bonds. The lowest BCUT2D eigenvalue weighted by Crippen LogP contribution is -2.38. The van der Waals surface area contributed by atoms with E-state index >= 15 is 0 Å². The Morgan fingerprint density at radius 1 is 1.42 bits per heavy atom. The Morgan fingerprint density at radius 3 is 3.05 bits per heavy atom. The van der Waals surface area contributed by atoms with Crippen molar-refractivity contribution in [3.63, 3.8) is 0 Å². The van der Waals surface area contributed by atoms with Gasteiger partial charge in [-0.15, -0.1) is 0 Å². The van der Waals surface area contributed by atoms with Crippen LogP contribution in [0.4, 0.5) is 0 Å². The molecule has 0 aliphatic heterocycles. The minimum atomic E-state index is -0.154. The van der Waals surface area contributed by atoms with Crippen LogP contribution in [0.1, 0.15) is 6.92 Å². The van der Waals surface area contributed by atoms with E-state index in [0.29, 0.717) is 12.4 Å². The number of rotatable bonds is 6. The smallest absolute Gasteiger partial charge is 0.258 e. The average Bonchev–Trinajstić information content (AvgIpc) is 2.83. The van der Waals surface area contributed by atoms with Crippen LogP contribution in [0.3, 0.4) is 0 Å². The Morgan fingerprint density at radius 2 is 2.26 bits per heavy atom. The summed E-state index contributed by atoms with van der Waals surface area (Å²) in [5.41, 5.74) is 1.05. The molecule has 1 aromatic carbocycles. The van der Waals surface area contributed by atoms with E-state index in [4.69, 9.17) is 9.47 Å². The van der Waals surface area contributed by atoms with Gasteiger partial charge in [0.1, 0.15) is 5.75 Å². The fourth-order valence-electron chi connectivity index (χ4n) is 1.88. The van der Waals surface area contributed by atoms with E-state index in [9.17, 15) is 4.79 Å². The van der Waals surface area contributed by atoms with Crippen LogP contribution >= 0.6 is 0 Å². The van der Waals surface area contributed by atoms with Crippen LogP contribution in [0.15, 0.2) is 30.5 Å². The number of aromatic amines is 1. The first-order chi connectivity index (χ1) is 9.19. The van der Waals surface area contributed by atoms with Crippen LogP contribution in [0.2, 0.25) is 0 Å². The van der Waals surface area contributed by atoms with Crippen molar-refractivity contribution in [2.24, 2.45) is 0 Å². The standard InChI is InChI=1S/C14H18N2O3/c1-10(8-18-2)16-14(17)9-19-12-3-4-13-11(7-12)5-6-15-13/h3-7,10,15H,8-9H2,1-2H3,(H,16,17). The van der Waals surface area contributed by atoms with Gasteiger partial charge in [0.2, 0.25) is 0 Å². The molecule has 0 aliphatic carbocycles. The number of fused-ring (bicyclic) bond motifs is 1. The van der Waals surface area contributed by atoms with Crippen molar-refractivity contribution >= 4 is 16.8 Å². The first-order valence-corrected chi connectivity index (χ1v) is 6.17. The second-order valence-electron chi connectivity index (χ2n) is 4.44. The molecule has 0 saturated carbocycles. The predicted octanol–water partition coefficient (Wildman–Crippen LogP) is 1.70. The Bertz CT molecular complexity index is 550. The van der Waals surface area contributed by atoms with Crippen molar-refractivity contribution in [3.05, 3.63) is 30.5 Å². The van der Waals surface area contributed by atoms with Gasteiger partial charge in [-0.1, -0.05) is 0 Å². The number of aromatic nitrogens is 1. The molecule has 0 fully saturated rings. The molecular formula is C14H18N2O3. The molecule has 2 aromatic rings. The minimum Gasteiger partial charge on any atom is -0.484 e. The number of benzene rings is 1. The highest BCUT2D eigenvalue weighted by Crippen LogP contribution is 2.19. The summed E-state index contributed by atoms with van der Waals surface area (Å²) < 4.78 is 10.4. The van der Waals surface area contributed by atoms with Gasteiger partial charge in [0.15, 0.2) is 6.61 Å². The number of H-pyrrole nitrogens is 1. The third kappa shape index (κ3) is 3.72. The molecule has 1 aromatic heterocycles. The van der Waals surface area contributed by atoms with Crippen LogP contribution in [0, 0.1) is 0 Å². The maximum atomic E-state index is 11.6. The third-order valence-electron chi connectivity index (χ3n) is 2.72. The number of hydrogen-bond acceptors (Lipinski definition) is 3. The number of amides is 1. The van der Waals surface area contributed by atoms with Gasteiger partial charge < -0.3 is 19.8 Å². The summed E-state index contributed by atoms with van der Waals surface area (Å²) in [5, 5.41) is 3.85. The zero-order chi connectivity index (χ0) is 13.7. The second kappa shape index (κ2) is 6.24. The van der Waals surface area contributed by atoms with Crippen LogP contribution in [-0.2, 0) is 9.53 Å². The van der Waals surface area contributed by atoms with Crippen molar-refractivity contribution in [2.75, 3.05) is 20.3 Å². The number of ether oxygens (including phenoxy) is 2. The molecule has 0 bridgehead atoms. The molecule has 102 valence electrons. The molecule has 0 saturated heterocycles. The molecule has 1 unspecified atom stereocenters. The lowest BCUT2D eigenvalue weighted by Gasteiger charge is -2.13. The summed E-state index contributed by atoms with van der Waals surface area (Å²) in [7, 11) is 1.60. The first kappa shape index (κ1) is 13.4. The van der Waals surface area contributed by atoms with Gasteiger partial charge in [0, 0.05) is 30.3 Å². The lowest BCUT2D eigenvalue weighted by molar-refractivity contribution is -0.124. The molecule has 1 heterocycles. The highest BCUT2D eigenvalue weighted by molar-refractivity contribution is 5.81. The zero-order valence-electron chi connectivity index (χ0n) is 11.1. The minimum absolute atomic E-state index is 0.00395. The molecule has 0 spiro atoms. The molecule has 5 heteroatoms. The highest BCUT2D eigenvalue weighted by atomic mass is 16.5. The Labute approximate surface area is 111 Å². The van der Waals surface area contributed by atoms with Crippen LogP contribution < -0.4 is 10.1 Å². The maximum absolute atomic E-state index is 11.6. The SMILES string of the molecule is COCC(C)NC(=O)COc1ccc2[nH]ccc2c1. The van der Waals surface area contributed by atoms with Gasteiger partial charge in [0.25, 0.3) is 5.91 Å². The number of carbonyl (C=O) groups is 1. The topological polar surface area (TPSA) is 63.4 Å². The number of methoxy groups -OCH3 is 1. The summed E-state index contributed by atoms with van der Waals surface area (Å²) >= 11 is 0. The number of nitrogens with one attached hydrogen (secondary N) is 2. The van der Waals surface area contributed by atoms with E-state index in [2.05, 4.69) is 10.3 Å². The molecule has 2 rings (SSSR count). The summed E-state index contributed by atoms with van der Waals surface area (Å²) in [6.07, 6.45) is 1.87. The van der Waals surface area contributed by atoms with Gasteiger partial charge in [-0.3, -0.25) is 4.79 Å². The van der Waals surface area contributed by atoms with E-state index in [1.807, 2.05) is 37.4 Å². The van der Waals surface area contributed by atoms with E-state index in [0.717, 1.165) is 10.9 Å². The van der Waals surface area contributed by atoms with Crippen molar-refractivity contribution in [1.29, 1.82) is 0 Å². The van der Waals surface area contributed by atoms with E-state index in [1.165, 1.54) is 0 Å². The van der Waals surface area contributed by atoms with Crippen LogP contribution in [0.25, 0.3) is 10.9 Å². The van der Waals surface area contributed by atoms with Crippen LogP contribution in [-0.4, -0.2) is 37.3 Å². The molecule has 0 radical (unpaired) electrons. The largest absolute Gasteiger partial charge is 0.484 e. The number of hydrogen-bond donors (Lipinski definition) is 2. The Balaban J connectivity index is 1.85. The van der Waals surface area contributed by atoms with E-state index in [-0.39, 0.29) is 18.6 Å². The molecule has 0 aliphatic rings. The van der Waals surface area contributed by atoms with Crippen molar-refractivity contribution in [2.45, 2.75) is 13.0 Å². The summed E-state index contributed by atoms with van der Waals surface area (Å²) in [5.74, 6) is 0.528. The molecule has 5 nitrogen and oxygen atoms in total. The fourth-order valence-corrected chi connectivity index (χ4v) is 1.88. The van der Waals surface area contributed by atoms with E-state index < -0.39 is 0 Å². The maximum Gasteiger partial charge on any atom is 0.258 e. The summed E-state index contributed by atoms with van der Waals surface area (Å²) in [6.45, 7) is 2.37. The summed E-state index contributed by atoms with van der Waals surface area (Å²) in [6, 6.07) is 7.61. The molecular weight excluding hydrogens is 244 g/mol. The lowest BCUT2D eigenvalue weighted by atomic mass is 10.2. The second-order valence-corrected chi connectivity index (χ2v) is 4.44. The Kier molecular flexibility index (Phi) is 4.41. The van der Waals surface area contributed by atoms with Crippen molar-refractivity contribution in [1.82, 2.24) is 10.3 Å². The van der Waals surface area contributed by atoms with Gasteiger partial charge in [-0.05, 0) is 31.2 Å². The summed E-state index contributed by atoms with van der Waals surface area (Å²) in [4.78, 5) is 14.7. The quantitative estimate of drug-likeness (QED) is 0.832. The van der Waals surface area contributed by atoms with Crippen molar-refractivity contribution < 1.29 is 14.3 Å². The molecule has 1 atom stereocenters. The third-order valence-corrected chi connectivity index (χ3v) is 2.72. The van der Waals surface area contributed by atoms with Gasteiger partial charge in [0.05, 0.1) is 6.61 Å². The molecule has 19 heavy (non-hydrogen) atoms. The zero-order valence-corrected chi connectivity index (χ0v) is 11.1. The van der Waals surface area contributed by atoms with Gasteiger partial charge in [-0.2, -0.15) is 0 Å². The van der Waals surface area contributed by atoms with Crippen LogP contribution in [0.5, 0.6) is 5.75 Å². The molecule has 2 N–H and O–H groups in total. The predicted molar refractivity (Wildman–Crippen MR) is 73.3 cm³/mol. The fraction of sp³-hybridized carbons (Fsp3) is 0.357. The average molecular weight is 262 g/mol.